The lowest BCUT2D eigenvalue weighted by Gasteiger charge is -2.24. The molecule has 9 heteroatoms. The van der Waals surface area contributed by atoms with Crippen molar-refractivity contribution in [1.29, 1.82) is 0 Å². The van der Waals surface area contributed by atoms with E-state index in [0.29, 0.717) is 24.1 Å². The van der Waals surface area contributed by atoms with Crippen LogP contribution in [0.25, 0.3) is 0 Å². The number of allylic oxidation sites excluding steroid dienone is 2. The molecule has 0 heterocycles. The Balaban J connectivity index is 4.40. The standard InChI is InChI=1S/C31H62NO7P/c1-6-8-10-12-14-16-17-18-20-22-24-31(33)39-30(28-36-26-23-21-19-15-13-11-9-7-2)29-38-40(34,35)37-27-25-32(3,4)5/h10,12,30H,6-9,11,13-29H2,1-5H3/p+1/b12-10-. The number of quaternary nitrogens is 1. The maximum atomic E-state index is 12.5. The first kappa shape index (κ1) is 39.2. The van der Waals surface area contributed by atoms with Crippen LogP contribution in [0.15, 0.2) is 12.2 Å². The van der Waals surface area contributed by atoms with E-state index in [1.165, 1.54) is 51.4 Å². The van der Waals surface area contributed by atoms with Gasteiger partial charge in [0.15, 0.2) is 0 Å². The molecule has 0 bridgehead atoms. The van der Waals surface area contributed by atoms with Crippen LogP contribution in [-0.2, 0) is 27.9 Å². The van der Waals surface area contributed by atoms with Crippen molar-refractivity contribution in [3.63, 3.8) is 0 Å². The molecule has 0 saturated carbocycles. The van der Waals surface area contributed by atoms with E-state index in [4.69, 9.17) is 18.5 Å². The van der Waals surface area contributed by atoms with Crippen molar-refractivity contribution >= 4 is 13.8 Å². The Morgan fingerprint density at radius 3 is 2.00 bits per heavy atom. The van der Waals surface area contributed by atoms with Gasteiger partial charge in [0.1, 0.15) is 19.3 Å². The van der Waals surface area contributed by atoms with Crippen molar-refractivity contribution in [1.82, 2.24) is 0 Å². The van der Waals surface area contributed by atoms with Crippen LogP contribution in [0.5, 0.6) is 0 Å². The van der Waals surface area contributed by atoms with Gasteiger partial charge in [-0.05, 0) is 32.1 Å². The minimum atomic E-state index is -4.25. The highest BCUT2D eigenvalue weighted by Crippen LogP contribution is 2.43. The highest BCUT2D eigenvalue weighted by atomic mass is 31.2. The molecule has 0 saturated heterocycles. The number of hydrogen-bond acceptors (Lipinski definition) is 6. The number of phosphoric acid groups is 1. The van der Waals surface area contributed by atoms with Gasteiger partial charge in [0.05, 0.1) is 34.4 Å². The Morgan fingerprint density at radius 2 is 1.35 bits per heavy atom. The second kappa shape index (κ2) is 25.9. The molecule has 0 spiro atoms. The average molecular weight is 593 g/mol. The number of nitrogens with zero attached hydrogens (tertiary/aromatic N) is 1. The predicted molar refractivity (Wildman–Crippen MR) is 164 cm³/mol. The normalized spacial score (nSPS) is 14.4. The minimum Gasteiger partial charge on any atom is -0.457 e. The van der Waals surface area contributed by atoms with Gasteiger partial charge in [-0.25, -0.2) is 4.57 Å². The number of carbonyl (C=O) groups excluding carboxylic acids is 1. The summed E-state index contributed by atoms with van der Waals surface area (Å²) in [7, 11) is 1.66. The summed E-state index contributed by atoms with van der Waals surface area (Å²) < 4.78 is 34.5. The molecule has 238 valence electrons. The lowest BCUT2D eigenvalue weighted by Crippen LogP contribution is -2.37. The van der Waals surface area contributed by atoms with E-state index >= 15 is 0 Å². The van der Waals surface area contributed by atoms with Crippen molar-refractivity contribution in [3.05, 3.63) is 12.2 Å². The van der Waals surface area contributed by atoms with Crippen molar-refractivity contribution in [3.8, 4) is 0 Å². The van der Waals surface area contributed by atoms with Crippen LogP contribution in [0.3, 0.4) is 0 Å². The van der Waals surface area contributed by atoms with Gasteiger partial charge in [-0.3, -0.25) is 13.8 Å². The zero-order valence-corrected chi connectivity index (χ0v) is 27.5. The third-order valence-corrected chi connectivity index (χ3v) is 7.54. The highest BCUT2D eigenvalue weighted by molar-refractivity contribution is 7.47. The molecule has 0 aliphatic rings. The average Bonchev–Trinajstić information content (AvgIpc) is 2.88. The summed E-state index contributed by atoms with van der Waals surface area (Å²) in [6.45, 7) is 5.51. The fourth-order valence-electron chi connectivity index (χ4n) is 4.02. The second-order valence-corrected chi connectivity index (χ2v) is 13.3. The second-order valence-electron chi connectivity index (χ2n) is 11.8. The molecule has 0 aromatic carbocycles. The predicted octanol–water partition coefficient (Wildman–Crippen LogP) is 7.98. The molecule has 1 N–H and O–H groups in total. The molecule has 0 aromatic heterocycles. The van der Waals surface area contributed by atoms with Gasteiger partial charge in [0, 0.05) is 13.0 Å². The van der Waals surface area contributed by atoms with Crippen molar-refractivity contribution in [2.24, 2.45) is 0 Å². The van der Waals surface area contributed by atoms with Crippen molar-refractivity contribution in [2.75, 3.05) is 54.1 Å². The van der Waals surface area contributed by atoms with Crippen LogP contribution in [-0.4, -0.2) is 75.6 Å². The van der Waals surface area contributed by atoms with E-state index < -0.39 is 13.9 Å². The summed E-state index contributed by atoms with van der Waals surface area (Å²) in [6, 6.07) is 0. The van der Waals surface area contributed by atoms with Gasteiger partial charge in [0.25, 0.3) is 0 Å². The van der Waals surface area contributed by atoms with Crippen LogP contribution in [0.1, 0.15) is 123 Å². The Hall–Kier alpha value is -0.760. The summed E-state index contributed by atoms with van der Waals surface area (Å²) in [5, 5.41) is 0. The molecular formula is C31H63NO7P+. The smallest absolute Gasteiger partial charge is 0.457 e. The quantitative estimate of drug-likeness (QED) is 0.0309. The van der Waals surface area contributed by atoms with Gasteiger partial charge in [-0.2, -0.15) is 0 Å². The van der Waals surface area contributed by atoms with Crippen molar-refractivity contribution in [2.45, 2.75) is 129 Å². The lowest BCUT2D eigenvalue weighted by molar-refractivity contribution is -0.870. The molecule has 0 aromatic rings. The molecule has 2 unspecified atom stereocenters. The molecule has 0 aliphatic carbocycles. The van der Waals surface area contributed by atoms with Crippen LogP contribution in [0, 0.1) is 0 Å². The number of phosphoric ester groups is 1. The summed E-state index contributed by atoms with van der Waals surface area (Å²) in [5.74, 6) is -0.328. The molecule has 2 atom stereocenters. The number of unbranched alkanes of at least 4 members (excludes halogenated alkanes) is 13. The van der Waals surface area contributed by atoms with Crippen molar-refractivity contribution < 1.29 is 37.3 Å². The molecule has 0 radical (unpaired) electrons. The summed E-state index contributed by atoms with van der Waals surface area (Å²) in [5.41, 5.74) is 0. The number of hydrogen-bond donors (Lipinski definition) is 1. The summed E-state index contributed by atoms with van der Waals surface area (Å²) in [6.07, 6.45) is 22.4. The molecular weight excluding hydrogens is 529 g/mol. The monoisotopic (exact) mass is 592 g/mol. The summed E-state index contributed by atoms with van der Waals surface area (Å²) >= 11 is 0. The molecule has 0 aliphatic heterocycles. The van der Waals surface area contributed by atoms with Crippen LogP contribution >= 0.6 is 7.82 Å². The third kappa shape index (κ3) is 28.8. The molecule has 8 nitrogen and oxygen atoms in total. The summed E-state index contributed by atoms with van der Waals surface area (Å²) in [4.78, 5) is 22.5. The maximum absolute atomic E-state index is 12.5. The van der Waals surface area contributed by atoms with E-state index in [0.717, 1.165) is 51.4 Å². The third-order valence-electron chi connectivity index (χ3n) is 6.56. The van der Waals surface area contributed by atoms with Gasteiger partial charge in [-0.15, -0.1) is 0 Å². The van der Waals surface area contributed by atoms with E-state index in [-0.39, 0.29) is 25.8 Å². The largest absolute Gasteiger partial charge is 0.472 e. The fourth-order valence-corrected chi connectivity index (χ4v) is 4.76. The lowest BCUT2D eigenvalue weighted by atomic mass is 10.1. The zero-order valence-electron chi connectivity index (χ0n) is 26.6. The minimum absolute atomic E-state index is 0.0890. The van der Waals surface area contributed by atoms with E-state index in [2.05, 4.69) is 26.0 Å². The van der Waals surface area contributed by atoms with Gasteiger partial charge in [0.2, 0.25) is 0 Å². The Morgan fingerprint density at radius 1 is 0.750 bits per heavy atom. The van der Waals surface area contributed by atoms with E-state index in [1.807, 2.05) is 21.1 Å². The van der Waals surface area contributed by atoms with Crippen LogP contribution in [0.4, 0.5) is 0 Å². The number of ether oxygens (including phenoxy) is 2. The number of likely N-dealkylation sites (N-methyl/N-ethyl adjacent to an activating group) is 1. The highest BCUT2D eigenvalue weighted by Gasteiger charge is 2.26. The first-order chi connectivity index (χ1) is 19.1. The van der Waals surface area contributed by atoms with Crippen LogP contribution < -0.4 is 0 Å². The Kier molecular flexibility index (Phi) is 25.4. The van der Waals surface area contributed by atoms with Gasteiger partial charge in [-0.1, -0.05) is 96.6 Å². The van der Waals surface area contributed by atoms with Gasteiger partial charge >= 0.3 is 13.8 Å². The number of rotatable bonds is 29. The topological polar surface area (TPSA) is 91.3 Å². The molecule has 0 amide bonds. The molecule has 0 rings (SSSR count). The molecule has 40 heavy (non-hydrogen) atoms. The Bertz CT molecular complexity index is 667. The maximum Gasteiger partial charge on any atom is 0.472 e. The SMILES string of the molecule is CCC/C=C\CCCCCCCC(=O)OC(COCCCCCCCCCC)COP(=O)(O)OCC[N+](C)(C)C. The first-order valence-electron chi connectivity index (χ1n) is 15.9. The molecule has 0 fully saturated rings. The number of carbonyl (C=O) groups is 1. The Labute approximate surface area is 246 Å². The van der Waals surface area contributed by atoms with E-state index in [1.54, 1.807) is 0 Å². The van der Waals surface area contributed by atoms with Crippen LogP contribution in [0.2, 0.25) is 0 Å². The van der Waals surface area contributed by atoms with Gasteiger partial charge < -0.3 is 18.9 Å². The number of esters is 1. The van der Waals surface area contributed by atoms with E-state index in [9.17, 15) is 14.3 Å². The zero-order chi connectivity index (χ0) is 30.0. The first-order valence-corrected chi connectivity index (χ1v) is 17.4. The fraction of sp³-hybridized carbons (Fsp3) is 0.903.